The van der Waals surface area contributed by atoms with Crippen LogP contribution in [0.5, 0.6) is 5.75 Å². The zero-order chi connectivity index (χ0) is 9.97. The quantitative estimate of drug-likeness (QED) is 0.739. The van der Waals surface area contributed by atoms with Gasteiger partial charge in [-0.05, 0) is 19.1 Å². The second-order valence-electron chi connectivity index (χ2n) is 3.21. The maximum Gasteiger partial charge on any atom is 0.130 e. The van der Waals surface area contributed by atoms with Crippen molar-refractivity contribution in [3.05, 3.63) is 35.5 Å². The summed E-state index contributed by atoms with van der Waals surface area (Å²) < 4.78 is 5.56. The molecule has 1 aromatic rings. The molecule has 0 saturated heterocycles. The van der Waals surface area contributed by atoms with Gasteiger partial charge in [-0.15, -0.1) is 0 Å². The zero-order valence-electron chi connectivity index (χ0n) is 8.21. The number of nitrogens with two attached hydrogens (primary N) is 1. The van der Waals surface area contributed by atoms with Crippen LogP contribution in [0.3, 0.4) is 0 Å². The van der Waals surface area contributed by atoms with E-state index in [1.165, 1.54) is 0 Å². The predicted octanol–water partition coefficient (Wildman–Crippen LogP) is 1.32. The van der Waals surface area contributed by atoms with Crippen molar-refractivity contribution in [3.8, 4) is 5.75 Å². The van der Waals surface area contributed by atoms with Crippen LogP contribution in [0.25, 0.3) is 5.70 Å². The topological polar surface area (TPSA) is 47.3 Å². The van der Waals surface area contributed by atoms with Gasteiger partial charge < -0.3 is 15.8 Å². The maximum atomic E-state index is 6.01. The summed E-state index contributed by atoms with van der Waals surface area (Å²) in [5.74, 6) is 0.867. The van der Waals surface area contributed by atoms with Gasteiger partial charge in [0.15, 0.2) is 0 Å². The highest BCUT2D eigenvalue weighted by molar-refractivity contribution is 5.72. The molecule has 3 N–H and O–H groups in total. The van der Waals surface area contributed by atoms with E-state index in [9.17, 15) is 0 Å². The highest BCUT2D eigenvalue weighted by Crippen LogP contribution is 2.28. The first-order valence-electron chi connectivity index (χ1n) is 4.77. The molecule has 0 spiro atoms. The molecule has 1 aromatic carbocycles. The van der Waals surface area contributed by atoms with Crippen molar-refractivity contribution in [2.75, 3.05) is 13.2 Å². The van der Waals surface area contributed by atoms with Crippen molar-refractivity contribution < 1.29 is 4.74 Å². The molecule has 0 unspecified atom stereocenters. The van der Waals surface area contributed by atoms with Crippen molar-refractivity contribution in [1.29, 1.82) is 0 Å². The molecule has 0 amide bonds. The smallest absolute Gasteiger partial charge is 0.130 e. The first kappa shape index (κ1) is 8.94. The summed E-state index contributed by atoms with van der Waals surface area (Å²) in [6, 6.07) is 7.82. The van der Waals surface area contributed by atoms with Gasteiger partial charge in [0.05, 0.1) is 11.4 Å². The molecule has 1 aliphatic rings. The Morgan fingerprint density at radius 1 is 1.43 bits per heavy atom. The molecule has 2 rings (SSSR count). The average molecular weight is 190 g/mol. The lowest BCUT2D eigenvalue weighted by Gasteiger charge is -2.22. The van der Waals surface area contributed by atoms with E-state index in [0.717, 1.165) is 29.3 Å². The molecule has 0 aromatic heterocycles. The van der Waals surface area contributed by atoms with Crippen molar-refractivity contribution in [3.63, 3.8) is 0 Å². The second kappa shape index (κ2) is 3.62. The van der Waals surface area contributed by atoms with E-state index in [4.69, 9.17) is 10.5 Å². The fourth-order valence-electron chi connectivity index (χ4n) is 1.56. The molecule has 1 heterocycles. The monoisotopic (exact) mass is 190 g/mol. The van der Waals surface area contributed by atoms with Crippen LogP contribution in [0.2, 0.25) is 0 Å². The van der Waals surface area contributed by atoms with Gasteiger partial charge in [-0.25, -0.2) is 0 Å². The number of hydrogen-bond donors (Lipinski definition) is 2. The van der Waals surface area contributed by atoms with Crippen molar-refractivity contribution in [2.24, 2.45) is 5.73 Å². The molecule has 74 valence electrons. The summed E-state index contributed by atoms with van der Waals surface area (Å²) in [4.78, 5) is 0. The van der Waals surface area contributed by atoms with Crippen LogP contribution >= 0.6 is 0 Å². The third kappa shape index (κ3) is 1.41. The Balaban J connectivity index is 2.40. The van der Waals surface area contributed by atoms with E-state index < -0.39 is 0 Å². The fraction of sp³-hybridized carbons (Fsp3) is 0.273. The molecular weight excluding hydrogens is 176 g/mol. The van der Waals surface area contributed by atoms with E-state index in [2.05, 4.69) is 5.32 Å². The third-order valence-electron chi connectivity index (χ3n) is 2.26. The Kier molecular flexibility index (Phi) is 2.31. The first-order valence-corrected chi connectivity index (χ1v) is 4.77. The average Bonchev–Trinajstić information content (AvgIpc) is 2.23. The third-order valence-corrected chi connectivity index (χ3v) is 2.26. The van der Waals surface area contributed by atoms with E-state index in [1.54, 1.807) is 0 Å². The normalized spacial score (nSPS) is 14.6. The number of fused-ring (bicyclic) bond motifs is 1. The molecule has 0 atom stereocenters. The van der Waals surface area contributed by atoms with Gasteiger partial charge in [-0.1, -0.05) is 12.1 Å². The van der Waals surface area contributed by atoms with Crippen LogP contribution < -0.4 is 15.8 Å². The first-order chi connectivity index (χ1) is 6.83. The highest BCUT2D eigenvalue weighted by atomic mass is 16.5. The Morgan fingerprint density at radius 3 is 3.00 bits per heavy atom. The summed E-state index contributed by atoms with van der Waals surface area (Å²) in [6.07, 6.45) is 0. The van der Waals surface area contributed by atoms with Crippen molar-refractivity contribution >= 4 is 5.70 Å². The van der Waals surface area contributed by atoms with Crippen molar-refractivity contribution in [2.45, 2.75) is 6.92 Å². The number of benzene rings is 1. The van der Waals surface area contributed by atoms with Crippen molar-refractivity contribution in [1.82, 2.24) is 5.32 Å². The molecule has 0 radical (unpaired) electrons. The molecule has 0 aliphatic carbocycles. The summed E-state index contributed by atoms with van der Waals surface area (Å²) in [6.45, 7) is 3.44. The summed E-state index contributed by atoms with van der Waals surface area (Å²) in [7, 11) is 0. The molecule has 14 heavy (non-hydrogen) atoms. The zero-order valence-corrected chi connectivity index (χ0v) is 8.21. The van der Waals surface area contributed by atoms with Crippen LogP contribution in [-0.2, 0) is 0 Å². The molecular formula is C11H14N2O. The highest BCUT2D eigenvalue weighted by Gasteiger charge is 2.16. The molecule has 3 heteroatoms. The Morgan fingerprint density at radius 2 is 2.21 bits per heavy atom. The van der Waals surface area contributed by atoms with Gasteiger partial charge in [0, 0.05) is 12.1 Å². The lowest BCUT2D eigenvalue weighted by atomic mass is 10.1. The summed E-state index contributed by atoms with van der Waals surface area (Å²) >= 11 is 0. The maximum absolute atomic E-state index is 6.01. The minimum Gasteiger partial charge on any atom is -0.487 e. The minimum absolute atomic E-state index is 0.538. The van der Waals surface area contributed by atoms with Crippen LogP contribution in [0.1, 0.15) is 12.5 Å². The lowest BCUT2D eigenvalue weighted by molar-refractivity contribution is 0.336. The van der Waals surface area contributed by atoms with E-state index in [0.29, 0.717) is 6.61 Å². The minimum atomic E-state index is 0.538. The number of nitrogens with one attached hydrogen (secondary N) is 1. The fourth-order valence-corrected chi connectivity index (χ4v) is 1.56. The molecule has 3 nitrogen and oxygen atoms in total. The predicted molar refractivity (Wildman–Crippen MR) is 56.7 cm³/mol. The number of ether oxygens (including phenoxy) is 1. The van der Waals surface area contributed by atoms with Gasteiger partial charge in [0.25, 0.3) is 0 Å². The molecule has 0 saturated carbocycles. The Bertz CT molecular complexity index is 371. The SMILES string of the molecule is CCNC1=C(N)c2ccccc2OC1. The number of para-hydroxylation sites is 1. The largest absolute Gasteiger partial charge is 0.487 e. The van der Waals surface area contributed by atoms with E-state index in [1.807, 2.05) is 31.2 Å². The van der Waals surface area contributed by atoms with Crippen LogP contribution in [0.15, 0.2) is 30.0 Å². The van der Waals surface area contributed by atoms with Crippen LogP contribution in [0.4, 0.5) is 0 Å². The molecule has 1 aliphatic heterocycles. The van der Waals surface area contributed by atoms with Gasteiger partial charge in [-0.2, -0.15) is 0 Å². The van der Waals surface area contributed by atoms with Gasteiger partial charge in [0.1, 0.15) is 12.4 Å². The Hall–Kier alpha value is -1.64. The Labute approximate surface area is 83.6 Å². The van der Waals surface area contributed by atoms with Crippen LogP contribution in [-0.4, -0.2) is 13.2 Å². The van der Waals surface area contributed by atoms with Gasteiger partial charge >= 0.3 is 0 Å². The standard InChI is InChI=1S/C11H14N2O/c1-2-13-9-7-14-10-6-4-3-5-8(10)11(9)12/h3-6,13H,2,7,12H2,1H3. The number of hydrogen-bond acceptors (Lipinski definition) is 3. The van der Waals surface area contributed by atoms with Gasteiger partial charge in [-0.3, -0.25) is 0 Å². The molecule has 0 fully saturated rings. The second-order valence-corrected chi connectivity index (χ2v) is 3.21. The molecule has 0 bridgehead atoms. The van der Waals surface area contributed by atoms with E-state index in [-0.39, 0.29) is 0 Å². The van der Waals surface area contributed by atoms with Gasteiger partial charge in [0.2, 0.25) is 0 Å². The number of likely N-dealkylation sites (N-methyl/N-ethyl adjacent to an activating group) is 1. The number of rotatable bonds is 2. The summed E-state index contributed by atoms with van der Waals surface area (Å²) in [5, 5.41) is 3.20. The summed E-state index contributed by atoms with van der Waals surface area (Å²) in [5.41, 5.74) is 8.77. The lowest BCUT2D eigenvalue weighted by Crippen LogP contribution is -2.26. The van der Waals surface area contributed by atoms with Crippen LogP contribution in [0, 0.1) is 0 Å². The van der Waals surface area contributed by atoms with E-state index >= 15 is 0 Å².